The van der Waals surface area contributed by atoms with Crippen molar-refractivity contribution in [1.29, 1.82) is 0 Å². The molecule has 0 saturated carbocycles. The van der Waals surface area contributed by atoms with Gasteiger partial charge in [-0.2, -0.15) is 0 Å². The van der Waals surface area contributed by atoms with E-state index in [1.165, 1.54) is 10.9 Å². The van der Waals surface area contributed by atoms with E-state index in [2.05, 4.69) is 32.5 Å². The number of hydrogen-bond donors (Lipinski definition) is 2. The standard InChI is InChI=1S/C12H20N6O3/c1-16-4-6-17(7-5-16)3-2-11(19)13-10-8-18(15-14-10)9-12(20)21/h8H,2-7,9H2,1H3,(H,13,19)(H,20,21). The van der Waals surface area contributed by atoms with Crippen molar-refractivity contribution in [2.45, 2.75) is 13.0 Å². The lowest BCUT2D eigenvalue weighted by Crippen LogP contribution is -2.45. The molecule has 21 heavy (non-hydrogen) atoms. The second-order valence-electron chi connectivity index (χ2n) is 5.14. The normalized spacial score (nSPS) is 16.8. The molecular weight excluding hydrogens is 276 g/mol. The van der Waals surface area contributed by atoms with Crippen LogP contribution in [0.15, 0.2) is 6.20 Å². The molecule has 0 bridgehead atoms. The number of nitrogens with zero attached hydrogens (tertiary/aromatic N) is 5. The van der Waals surface area contributed by atoms with Crippen LogP contribution < -0.4 is 5.32 Å². The molecule has 0 radical (unpaired) electrons. The quantitative estimate of drug-likeness (QED) is 0.689. The summed E-state index contributed by atoms with van der Waals surface area (Å²) in [5, 5.41) is 18.6. The van der Waals surface area contributed by atoms with Crippen LogP contribution in [0.4, 0.5) is 5.82 Å². The summed E-state index contributed by atoms with van der Waals surface area (Å²) in [6.45, 7) is 4.42. The number of carboxylic acid groups (broad SMARTS) is 1. The smallest absolute Gasteiger partial charge is 0.325 e. The van der Waals surface area contributed by atoms with Crippen LogP contribution >= 0.6 is 0 Å². The first kappa shape index (κ1) is 15.4. The fourth-order valence-corrected chi connectivity index (χ4v) is 2.11. The van der Waals surface area contributed by atoms with Gasteiger partial charge in [-0.1, -0.05) is 5.21 Å². The van der Waals surface area contributed by atoms with Crippen LogP contribution in [-0.4, -0.2) is 81.5 Å². The minimum Gasteiger partial charge on any atom is -0.480 e. The Morgan fingerprint density at radius 3 is 2.71 bits per heavy atom. The van der Waals surface area contributed by atoms with Crippen molar-refractivity contribution in [3.8, 4) is 0 Å². The van der Waals surface area contributed by atoms with Crippen LogP contribution in [0.25, 0.3) is 0 Å². The number of anilines is 1. The van der Waals surface area contributed by atoms with Crippen molar-refractivity contribution in [2.75, 3.05) is 45.1 Å². The molecule has 9 heteroatoms. The third-order valence-corrected chi connectivity index (χ3v) is 3.35. The third-order valence-electron chi connectivity index (χ3n) is 3.35. The van der Waals surface area contributed by atoms with Gasteiger partial charge in [-0.15, -0.1) is 5.10 Å². The second-order valence-corrected chi connectivity index (χ2v) is 5.14. The number of piperazine rings is 1. The molecule has 0 atom stereocenters. The molecule has 1 aliphatic rings. The minimum absolute atomic E-state index is 0.142. The molecule has 116 valence electrons. The fourth-order valence-electron chi connectivity index (χ4n) is 2.11. The molecule has 1 aromatic heterocycles. The molecule has 1 fully saturated rings. The van der Waals surface area contributed by atoms with E-state index in [4.69, 9.17) is 5.11 Å². The van der Waals surface area contributed by atoms with Crippen LogP contribution in [0.1, 0.15) is 6.42 Å². The molecule has 9 nitrogen and oxygen atoms in total. The van der Waals surface area contributed by atoms with Gasteiger partial charge in [-0.05, 0) is 7.05 Å². The van der Waals surface area contributed by atoms with E-state index >= 15 is 0 Å². The summed E-state index contributed by atoms with van der Waals surface area (Å²) in [5.41, 5.74) is 0. The maximum absolute atomic E-state index is 11.8. The first-order valence-electron chi connectivity index (χ1n) is 6.85. The molecular formula is C12H20N6O3. The molecule has 0 aliphatic carbocycles. The summed E-state index contributed by atoms with van der Waals surface area (Å²) in [7, 11) is 2.09. The monoisotopic (exact) mass is 296 g/mol. The number of amides is 1. The maximum atomic E-state index is 11.8. The van der Waals surface area contributed by atoms with Crippen LogP contribution in [-0.2, 0) is 16.1 Å². The molecule has 0 spiro atoms. The number of carbonyl (C=O) groups excluding carboxylic acids is 1. The molecule has 2 N–H and O–H groups in total. The van der Waals surface area contributed by atoms with Gasteiger partial charge in [0, 0.05) is 39.1 Å². The molecule has 1 aromatic rings. The first-order valence-corrected chi connectivity index (χ1v) is 6.85. The van der Waals surface area contributed by atoms with Crippen LogP contribution in [0, 0.1) is 0 Å². The lowest BCUT2D eigenvalue weighted by molar-refractivity contribution is -0.137. The van der Waals surface area contributed by atoms with Gasteiger partial charge in [0.15, 0.2) is 5.82 Å². The summed E-state index contributed by atoms with van der Waals surface area (Å²) in [6, 6.07) is 0. The Morgan fingerprint density at radius 2 is 2.05 bits per heavy atom. The van der Waals surface area contributed by atoms with Gasteiger partial charge < -0.3 is 20.2 Å². The Balaban J connectivity index is 1.71. The number of carbonyl (C=O) groups is 2. The number of carboxylic acids is 1. The van der Waals surface area contributed by atoms with Crippen LogP contribution in [0.3, 0.4) is 0 Å². The summed E-state index contributed by atoms with van der Waals surface area (Å²) in [4.78, 5) is 26.8. The highest BCUT2D eigenvalue weighted by molar-refractivity contribution is 5.89. The fraction of sp³-hybridized carbons (Fsp3) is 0.667. The van der Waals surface area contributed by atoms with Gasteiger partial charge >= 0.3 is 5.97 Å². The summed E-state index contributed by atoms with van der Waals surface area (Å²) in [6.07, 6.45) is 1.79. The van der Waals surface area contributed by atoms with Crippen LogP contribution in [0.5, 0.6) is 0 Å². The summed E-state index contributed by atoms with van der Waals surface area (Å²) >= 11 is 0. The molecule has 0 unspecified atom stereocenters. The SMILES string of the molecule is CN1CCN(CCC(=O)Nc2cn(CC(=O)O)nn2)CC1. The van der Waals surface area contributed by atoms with Gasteiger partial charge in [0.05, 0.1) is 6.20 Å². The Labute approximate surface area is 122 Å². The zero-order chi connectivity index (χ0) is 15.2. The van der Waals surface area contributed by atoms with E-state index in [0.717, 1.165) is 26.2 Å². The minimum atomic E-state index is -1.01. The third kappa shape index (κ3) is 5.12. The first-order chi connectivity index (χ1) is 10.0. The lowest BCUT2D eigenvalue weighted by atomic mass is 10.3. The zero-order valence-electron chi connectivity index (χ0n) is 12.0. The van der Waals surface area contributed by atoms with Crippen molar-refractivity contribution >= 4 is 17.7 Å². The Hall–Kier alpha value is -2.00. The van der Waals surface area contributed by atoms with E-state index in [9.17, 15) is 9.59 Å². The van der Waals surface area contributed by atoms with E-state index < -0.39 is 5.97 Å². The van der Waals surface area contributed by atoms with E-state index in [-0.39, 0.29) is 18.3 Å². The van der Waals surface area contributed by atoms with Gasteiger partial charge in [0.25, 0.3) is 0 Å². The van der Waals surface area contributed by atoms with Crippen molar-refractivity contribution in [3.05, 3.63) is 6.20 Å². The summed E-state index contributed by atoms with van der Waals surface area (Å²) < 4.78 is 1.17. The highest BCUT2D eigenvalue weighted by Gasteiger charge is 2.15. The number of hydrogen-bond acceptors (Lipinski definition) is 6. The highest BCUT2D eigenvalue weighted by atomic mass is 16.4. The Kier molecular flexibility index (Phi) is 5.23. The maximum Gasteiger partial charge on any atom is 0.325 e. The van der Waals surface area contributed by atoms with Crippen molar-refractivity contribution in [1.82, 2.24) is 24.8 Å². The molecule has 0 aromatic carbocycles. The number of nitrogens with one attached hydrogen (secondary N) is 1. The van der Waals surface area contributed by atoms with E-state index in [0.29, 0.717) is 13.0 Å². The van der Waals surface area contributed by atoms with E-state index in [1.807, 2.05) is 0 Å². The number of aromatic nitrogens is 3. The van der Waals surface area contributed by atoms with Gasteiger partial charge in [0.1, 0.15) is 6.54 Å². The Morgan fingerprint density at radius 1 is 1.33 bits per heavy atom. The number of likely N-dealkylation sites (N-methyl/N-ethyl adjacent to an activating group) is 1. The van der Waals surface area contributed by atoms with Gasteiger partial charge in [0.2, 0.25) is 5.91 Å². The van der Waals surface area contributed by atoms with Crippen molar-refractivity contribution in [2.24, 2.45) is 0 Å². The molecule has 2 rings (SSSR count). The van der Waals surface area contributed by atoms with Gasteiger partial charge in [-0.25, -0.2) is 4.68 Å². The van der Waals surface area contributed by atoms with Crippen molar-refractivity contribution in [3.63, 3.8) is 0 Å². The predicted octanol–water partition coefficient (Wildman–Crippen LogP) is -1.06. The average molecular weight is 296 g/mol. The zero-order valence-corrected chi connectivity index (χ0v) is 12.0. The summed E-state index contributed by atoms with van der Waals surface area (Å²) in [5.74, 6) is -0.872. The van der Waals surface area contributed by atoms with E-state index in [1.54, 1.807) is 0 Å². The second kappa shape index (κ2) is 7.14. The van der Waals surface area contributed by atoms with Gasteiger partial charge in [-0.3, -0.25) is 9.59 Å². The Bertz CT molecular complexity index is 495. The van der Waals surface area contributed by atoms with Crippen molar-refractivity contribution < 1.29 is 14.7 Å². The molecule has 1 aliphatic heterocycles. The average Bonchev–Trinajstić information content (AvgIpc) is 2.84. The predicted molar refractivity (Wildman–Crippen MR) is 74.8 cm³/mol. The number of rotatable bonds is 6. The highest BCUT2D eigenvalue weighted by Crippen LogP contribution is 2.03. The lowest BCUT2D eigenvalue weighted by Gasteiger charge is -2.32. The molecule has 1 amide bonds. The molecule has 1 saturated heterocycles. The molecule has 2 heterocycles. The number of aliphatic carboxylic acids is 1. The largest absolute Gasteiger partial charge is 0.480 e. The van der Waals surface area contributed by atoms with Crippen LogP contribution in [0.2, 0.25) is 0 Å². The topological polar surface area (TPSA) is 104 Å².